The van der Waals surface area contributed by atoms with Gasteiger partial charge in [-0.15, -0.1) is 0 Å². The van der Waals surface area contributed by atoms with Crippen LogP contribution in [-0.2, 0) is 0 Å². The summed E-state index contributed by atoms with van der Waals surface area (Å²) in [6, 6.07) is 10.8. The quantitative estimate of drug-likeness (QED) is 0.497. The van der Waals surface area contributed by atoms with Gasteiger partial charge >= 0.3 is 0 Å². The van der Waals surface area contributed by atoms with E-state index in [1.807, 2.05) is 25.1 Å². The highest BCUT2D eigenvalue weighted by molar-refractivity contribution is 9.10. The van der Waals surface area contributed by atoms with Crippen molar-refractivity contribution in [3.63, 3.8) is 0 Å². The third-order valence-electron chi connectivity index (χ3n) is 3.96. The summed E-state index contributed by atoms with van der Waals surface area (Å²) in [7, 11) is 0. The van der Waals surface area contributed by atoms with E-state index in [-0.39, 0.29) is 5.91 Å². The molecule has 0 atom stereocenters. The second-order valence-electron chi connectivity index (χ2n) is 5.72. The molecule has 0 saturated heterocycles. The summed E-state index contributed by atoms with van der Waals surface area (Å²) < 4.78 is 2.22. The summed E-state index contributed by atoms with van der Waals surface area (Å²) in [6.45, 7) is 2.42. The van der Waals surface area contributed by atoms with E-state index in [1.54, 1.807) is 29.1 Å². The zero-order chi connectivity index (χ0) is 19.0. The molecule has 0 aliphatic carbocycles. The molecule has 0 fully saturated rings. The van der Waals surface area contributed by atoms with Crippen LogP contribution in [0.4, 0.5) is 0 Å². The lowest BCUT2D eigenvalue weighted by molar-refractivity contribution is 0.0957. The van der Waals surface area contributed by atoms with E-state index in [2.05, 4.69) is 41.3 Å². The predicted octanol–water partition coefficient (Wildman–Crippen LogP) is 3.98. The van der Waals surface area contributed by atoms with Crippen LogP contribution in [0.5, 0.6) is 0 Å². The molecule has 2 N–H and O–H groups in total. The Hall–Kier alpha value is -2.71. The number of fused-ring (bicyclic) bond motifs is 1. The van der Waals surface area contributed by atoms with Gasteiger partial charge in [-0.2, -0.15) is 5.10 Å². The van der Waals surface area contributed by atoms with Crippen molar-refractivity contribution in [1.82, 2.24) is 30.0 Å². The number of nitrogens with one attached hydrogen (secondary N) is 2. The molecular formula is C18H14BrClN6O. The molecule has 3 heterocycles. The smallest absolute Gasteiger partial charge is 0.253 e. The van der Waals surface area contributed by atoms with Crippen LogP contribution >= 0.6 is 27.5 Å². The first-order valence-corrected chi connectivity index (χ1v) is 9.39. The molecule has 0 unspecified atom stereocenters. The third kappa shape index (κ3) is 3.22. The van der Waals surface area contributed by atoms with Crippen molar-refractivity contribution in [1.29, 1.82) is 0 Å². The first-order chi connectivity index (χ1) is 13.1. The fraction of sp³-hybridized carbons (Fsp3) is 0.111. The first-order valence-electron chi connectivity index (χ1n) is 8.22. The largest absolute Gasteiger partial charge is 0.352 e. The Bertz CT molecular complexity index is 1150. The SMILES string of the molecule is CCNC(=O)c1cccc2[nH]c(-c3cc(Br)nn3-c3ncccc3Cl)nc12. The Morgan fingerprint density at radius 2 is 2.19 bits per heavy atom. The number of halogens is 2. The number of aromatic amines is 1. The van der Waals surface area contributed by atoms with E-state index in [0.717, 1.165) is 5.52 Å². The molecule has 0 aliphatic heterocycles. The van der Waals surface area contributed by atoms with Crippen molar-refractivity contribution in [2.45, 2.75) is 6.92 Å². The number of benzene rings is 1. The fourth-order valence-corrected chi connectivity index (χ4v) is 3.39. The molecule has 1 amide bonds. The lowest BCUT2D eigenvalue weighted by atomic mass is 10.1. The number of carbonyl (C=O) groups excluding carboxylic acids is 1. The predicted molar refractivity (Wildman–Crippen MR) is 107 cm³/mol. The van der Waals surface area contributed by atoms with Crippen LogP contribution in [0.3, 0.4) is 0 Å². The van der Waals surface area contributed by atoms with Gasteiger partial charge < -0.3 is 10.3 Å². The van der Waals surface area contributed by atoms with E-state index in [1.165, 1.54) is 0 Å². The van der Waals surface area contributed by atoms with Gasteiger partial charge in [-0.25, -0.2) is 14.6 Å². The summed E-state index contributed by atoms with van der Waals surface area (Å²) in [5, 5.41) is 7.70. The van der Waals surface area contributed by atoms with Crippen LogP contribution in [0.1, 0.15) is 17.3 Å². The maximum atomic E-state index is 12.3. The van der Waals surface area contributed by atoms with Gasteiger partial charge in [-0.1, -0.05) is 17.7 Å². The molecule has 0 bridgehead atoms. The average Bonchev–Trinajstić information content (AvgIpc) is 3.25. The number of hydrogen-bond acceptors (Lipinski definition) is 4. The number of carbonyl (C=O) groups is 1. The molecule has 0 saturated carbocycles. The summed E-state index contributed by atoms with van der Waals surface area (Å²) >= 11 is 9.68. The second kappa shape index (κ2) is 7.13. The van der Waals surface area contributed by atoms with Crippen LogP contribution in [0, 0.1) is 0 Å². The van der Waals surface area contributed by atoms with Gasteiger partial charge in [0.2, 0.25) is 0 Å². The van der Waals surface area contributed by atoms with Gasteiger partial charge in [0, 0.05) is 18.8 Å². The molecule has 0 spiro atoms. The standard InChI is InChI=1S/C18H14BrClN6O/c1-2-21-18(27)10-5-3-7-12-15(10)24-16(23-12)13-9-14(19)25-26(13)17-11(20)6-4-8-22-17/h3-9H,2H2,1H3,(H,21,27)(H,23,24). The lowest BCUT2D eigenvalue weighted by Crippen LogP contribution is -2.22. The number of rotatable bonds is 4. The number of aromatic nitrogens is 5. The number of H-pyrrole nitrogens is 1. The molecule has 0 radical (unpaired) electrons. The molecule has 3 aromatic heterocycles. The zero-order valence-corrected chi connectivity index (χ0v) is 16.5. The maximum Gasteiger partial charge on any atom is 0.253 e. The molecular weight excluding hydrogens is 432 g/mol. The van der Waals surface area contributed by atoms with Crippen LogP contribution in [0.15, 0.2) is 47.2 Å². The minimum atomic E-state index is -0.163. The molecule has 27 heavy (non-hydrogen) atoms. The highest BCUT2D eigenvalue weighted by Gasteiger charge is 2.19. The Kier molecular flexibility index (Phi) is 4.67. The van der Waals surface area contributed by atoms with Crippen molar-refractivity contribution in [2.75, 3.05) is 6.54 Å². The van der Waals surface area contributed by atoms with Crippen LogP contribution in [-0.4, -0.2) is 37.2 Å². The summed E-state index contributed by atoms with van der Waals surface area (Å²) in [5.74, 6) is 0.884. The zero-order valence-electron chi connectivity index (χ0n) is 14.2. The summed E-state index contributed by atoms with van der Waals surface area (Å²) in [4.78, 5) is 24.5. The van der Waals surface area contributed by atoms with Gasteiger partial charge in [-0.3, -0.25) is 4.79 Å². The minimum absolute atomic E-state index is 0.163. The molecule has 0 aliphatic rings. The van der Waals surface area contributed by atoms with Crippen LogP contribution in [0.25, 0.3) is 28.4 Å². The third-order valence-corrected chi connectivity index (χ3v) is 4.64. The van der Waals surface area contributed by atoms with Gasteiger partial charge in [0.25, 0.3) is 5.91 Å². The van der Waals surface area contributed by atoms with Gasteiger partial charge in [0.1, 0.15) is 15.8 Å². The molecule has 9 heteroatoms. The van der Waals surface area contributed by atoms with Gasteiger partial charge in [0.05, 0.1) is 16.1 Å². The highest BCUT2D eigenvalue weighted by Crippen LogP contribution is 2.29. The Morgan fingerprint density at radius 3 is 2.96 bits per heavy atom. The van der Waals surface area contributed by atoms with Crippen molar-refractivity contribution in [3.05, 3.63) is 57.8 Å². The number of amides is 1. The molecule has 136 valence electrons. The van der Waals surface area contributed by atoms with Crippen molar-refractivity contribution < 1.29 is 4.79 Å². The Balaban J connectivity index is 1.88. The van der Waals surface area contributed by atoms with E-state index in [4.69, 9.17) is 11.6 Å². The molecule has 1 aromatic carbocycles. The summed E-state index contributed by atoms with van der Waals surface area (Å²) in [6.07, 6.45) is 1.65. The lowest BCUT2D eigenvalue weighted by Gasteiger charge is -2.05. The maximum absolute atomic E-state index is 12.3. The van der Waals surface area contributed by atoms with E-state index in [9.17, 15) is 4.79 Å². The second-order valence-corrected chi connectivity index (χ2v) is 6.94. The highest BCUT2D eigenvalue weighted by atomic mass is 79.9. The van der Waals surface area contributed by atoms with Crippen molar-refractivity contribution in [3.8, 4) is 17.3 Å². The number of para-hydroxylation sites is 1. The van der Waals surface area contributed by atoms with Crippen LogP contribution < -0.4 is 5.32 Å². The molecule has 4 aromatic rings. The Labute approximate surface area is 167 Å². The minimum Gasteiger partial charge on any atom is -0.352 e. The van der Waals surface area contributed by atoms with E-state index >= 15 is 0 Å². The van der Waals surface area contributed by atoms with Gasteiger partial charge in [0.15, 0.2) is 11.6 Å². The summed E-state index contributed by atoms with van der Waals surface area (Å²) in [5.41, 5.74) is 2.53. The monoisotopic (exact) mass is 444 g/mol. The average molecular weight is 446 g/mol. The fourth-order valence-electron chi connectivity index (χ4n) is 2.81. The van der Waals surface area contributed by atoms with E-state index in [0.29, 0.717) is 44.6 Å². The first kappa shape index (κ1) is 17.7. The van der Waals surface area contributed by atoms with Gasteiger partial charge in [-0.05, 0) is 47.1 Å². The van der Waals surface area contributed by atoms with E-state index < -0.39 is 0 Å². The normalized spacial score (nSPS) is 11.1. The Morgan fingerprint density at radius 1 is 1.33 bits per heavy atom. The number of nitrogens with zero attached hydrogens (tertiary/aromatic N) is 4. The van der Waals surface area contributed by atoms with Crippen molar-refractivity contribution >= 4 is 44.5 Å². The molecule has 4 rings (SSSR count). The van der Waals surface area contributed by atoms with Crippen molar-refractivity contribution in [2.24, 2.45) is 0 Å². The number of hydrogen-bond donors (Lipinski definition) is 2. The van der Waals surface area contributed by atoms with Crippen LogP contribution in [0.2, 0.25) is 5.02 Å². The topological polar surface area (TPSA) is 88.5 Å². The molecule has 7 nitrogen and oxygen atoms in total. The number of imidazole rings is 1. The number of pyridine rings is 1.